The van der Waals surface area contributed by atoms with E-state index in [-0.39, 0.29) is 5.75 Å². The van der Waals surface area contributed by atoms with Gasteiger partial charge in [0, 0.05) is 11.5 Å². The quantitative estimate of drug-likeness (QED) is 0.418. The Balaban J connectivity index is 1.56. The van der Waals surface area contributed by atoms with Crippen LogP contribution in [0.1, 0.15) is 56.7 Å². The molecule has 27 heavy (non-hydrogen) atoms. The second kappa shape index (κ2) is 9.40. The third kappa shape index (κ3) is 5.46. The predicted molar refractivity (Wildman–Crippen MR) is 112 cm³/mol. The van der Waals surface area contributed by atoms with Gasteiger partial charge in [-0.25, -0.2) is 4.98 Å². The van der Waals surface area contributed by atoms with E-state index < -0.39 is 0 Å². The van der Waals surface area contributed by atoms with Crippen LogP contribution in [0.2, 0.25) is 0 Å². The summed E-state index contributed by atoms with van der Waals surface area (Å²) < 4.78 is 5.98. The van der Waals surface area contributed by atoms with Gasteiger partial charge in [-0.1, -0.05) is 51.2 Å². The molecule has 0 bridgehead atoms. The maximum Gasteiger partial charge on any atom is 0.137 e. The lowest BCUT2D eigenvalue weighted by atomic mass is 10.0. The molecule has 0 unspecified atom stereocenters. The van der Waals surface area contributed by atoms with Crippen molar-refractivity contribution in [3.8, 4) is 17.2 Å². The van der Waals surface area contributed by atoms with E-state index >= 15 is 0 Å². The van der Waals surface area contributed by atoms with Gasteiger partial charge in [0.25, 0.3) is 0 Å². The summed E-state index contributed by atoms with van der Waals surface area (Å²) in [5.41, 5.74) is 2.81. The van der Waals surface area contributed by atoms with Crippen LogP contribution in [0.4, 0.5) is 0 Å². The molecule has 3 aromatic rings. The Morgan fingerprint density at radius 3 is 2.33 bits per heavy atom. The van der Waals surface area contributed by atoms with E-state index in [0.29, 0.717) is 5.69 Å². The molecule has 0 atom stereocenters. The number of nitrogens with zero attached hydrogens (tertiary/aromatic N) is 1. The van der Waals surface area contributed by atoms with Crippen LogP contribution in [0.5, 0.6) is 17.2 Å². The zero-order valence-electron chi connectivity index (χ0n) is 16.4. The van der Waals surface area contributed by atoms with Crippen molar-refractivity contribution in [2.45, 2.75) is 58.8 Å². The maximum atomic E-state index is 9.77. The molecular formula is C24H29NO2. The van der Waals surface area contributed by atoms with E-state index in [1.807, 2.05) is 30.3 Å². The number of aromatic hydroxyl groups is 1. The van der Waals surface area contributed by atoms with Gasteiger partial charge in [-0.2, -0.15) is 0 Å². The summed E-state index contributed by atoms with van der Waals surface area (Å²) in [5.74, 6) is 1.80. The molecule has 1 N–H and O–H groups in total. The minimum absolute atomic E-state index is 0.220. The molecule has 1 aromatic heterocycles. The maximum absolute atomic E-state index is 9.77. The number of rotatable bonds is 9. The molecule has 0 amide bonds. The van der Waals surface area contributed by atoms with Crippen molar-refractivity contribution in [3.05, 3.63) is 59.8 Å². The van der Waals surface area contributed by atoms with Gasteiger partial charge in [0.2, 0.25) is 0 Å². The smallest absolute Gasteiger partial charge is 0.137 e. The van der Waals surface area contributed by atoms with E-state index in [9.17, 15) is 5.11 Å². The first-order chi connectivity index (χ1) is 13.2. The fourth-order valence-electron chi connectivity index (χ4n) is 3.27. The number of fused-ring (bicyclic) bond motifs is 1. The van der Waals surface area contributed by atoms with Gasteiger partial charge in [0.1, 0.15) is 17.2 Å². The van der Waals surface area contributed by atoms with Crippen LogP contribution in [0.25, 0.3) is 10.9 Å². The van der Waals surface area contributed by atoms with Gasteiger partial charge in [-0.05, 0) is 55.7 Å². The normalized spacial score (nSPS) is 11.0. The van der Waals surface area contributed by atoms with Crippen LogP contribution in [-0.4, -0.2) is 10.1 Å². The van der Waals surface area contributed by atoms with E-state index in [0.717, 1.165) is 28.8 Å². The van der Waals surface area contributed by atoms with Gasteiger partial charge in [0.05, 0.1) is 11.2 Å². The predicted octanol–water partition coefficient (Wildman–Crippen LogP) is 6.94. The van der Waals surface area contributed by atoms with Crippen molar-refractivity contribution in [2.24, 2.45) is 0 Å². The number of hydrogen-bond donors (Lipinski definition) is 1. The molecule has 0 saturated heterocycles. The highest BCUT2D eigenvalue weighted by atomic mass is 16.5. The third-order valence-electron chi connectivity index (χ3n) is 4.93. The SMILES string of the molecule is CCCCCCCCc1ccc(Oc2ccc3cc(O)c(C)nc3c2)cc1. The van der Waals surface area contributed by atoms with E-state index in [1.165, 1.54) is 44.1 Å². The molecule has 0 saturated carbocycles. The van der Waals surface area contributed by atoms with Gasteiger partial charge in [-0.15, -0.1) is 0 Å². The lowest BCUT2D eigenvalue weighted by molar-refractivity contribution is 0.468. The van der Waals surface area contributed by atoms with Crippen molar-refractivity contribution in [1.29, 1.82) is 0 Å². The van der Waals surface area contributed by atoms with Gasteiger partial charge >= 0.3 is 0 Å². The number of hydrogen-bond acceptors (Lipinski definition) is 3. The lowest BCUT2D eigenvalue weighted by Crippen LogP contribution is -1.89. The Morgan fingerprint density at radius 1 is 0.852 bits per heavy atom. The van der Waals surface area contributed by atoms with Crippen molar-refractivity contribution in [1.82, 2.24) is 4.98 Å². The fraction of sp³-hybridized carbons (Fsp3) is 0.375. The summed E-state index contributed by atoms with van der Waals surface area (Å²) in [6, 6.07) is 15.8. The van der Waals surface area contributed by atoms with E-state index in [2.05, 4.69) is 24.0 Å². The zero-order chi connectivity index (χ0) is 19.1. The van der Waals surface area contributed by atoms with E-state index in [4.69, 9.17) is 4.74 Å². The standard InChI is InChI=1S/C24H29NO2/c1-3-4-5-6-7-8-9-19-10-13-21(14-11-19)27-22-15-12-20-16-24(26)18(2)25-23(20)17-22/h10-17,26H,3-9H2,1-2H3. The Labute approximate surface area is 162 Å². The van der Waals surface area contributed by atoms with Crippen LogP contribution in [0.15, 0.2) is 48.5 Å². The third-order valence-corrected chi connectivity index (χ3v) is 4.93. The molecule has 142 valence electrons. The minimum Gasteiger partial charge on any atom is -0.506 e. The molecule has 0 fully saturated rings. The molecule has 3 nitrogen and oxygen atoms in total. The molecular weight excluding hydrogens is 334 g/mol. The molecule has 2 aromatic carbocycles. The van der Waals surface area contributed by atoms with Crippen LogP contribution >= 0.6 is 0 Å². The van der Waals surface area contributed by atoms with Crippen molar-refractivity contribution < 1.29 is 9.84 Å². The second-order valence-electron chi connectivity index (χ2n) is 7.21. The highest BCUT2D eigenvalue weighted by Gasteiger charge is 2.05. The summed E-state index contributed by atoms with van der Waals surface area (Å²) in [4.78, 5) is 4.42. The molecule has 0 radical (unpaired) electrons. The summed E-state index contributed by atoms with van der Waals surface area (Å²) in [6.45, 7) is 4.05. The summed E-state index contributed by atoms with van der Waals surface area (Å²) in [7, 11) is 0. The van der Waals surface area contributed by atoms with Crippen molar-refractivity contribution in [2.75, 3.05) is 0 Å². The first-order valence-corrected chi connectivity index (χ1v) is 10.0. The van der Waals surface area contributed by atoms with Crippen LogP contribution in [0.3, 0.4) is 0 Å². The Bertz CT molecular complexity index is 871. The molecule has 3 heteroatoms. The topological polar surface area (TPSA) is 42.4 Å². The van der Waals surface area contributed by atoms with Crippen LogP contribution in [-0.2, 0) is 6.42 Å². The molecule has 1 heterocycles. The van der Waals surface area contributed by atoms with Gasteiger partial charge in [-0.3, -0.25) is 0 Å². The summed E-state index contributed by atoms with van der Waals surface area (Å²) in [6.07, 6.45) is 9.08. The molecule has 3 rings (SSSR count). The molecule has 0 aliphatic heterocycles. The number of aryl methyl sites for hydroxylation is 2. The summed E-state index contributed by atoms with van der Waals surface area (Å²) in [5, 5.41) is 10.7. The zero-order valence-corrected chi connectivity index (χ0v) is 16.4. The first-order valence-electron chi connectivity index (χ1n) is 10.0. The van der Waals surface area contributed by atoms with Crippen molar-refractivity contribution in [3.63, 3.8) is 0 Å². The Morgan fingerprint density at radius 2 is 1.56 bits per heavy atom. The molecule has 0 spiro atoms. The highest BCUT2D eigenvalue weighted by molar-refractivity contribution is 5.81. The minimum atomic E-state index is 0.220. The second-order valence-corrected chi connectivity index (χ2v) is 7.21. The monoisotopic (exact) mass is 363 g/mol. The Kier molecular flexibility index (Phi) is 6.69. The fourth-order valence-corrected chi connectivity index (χ4v) is 3.27. The van der Waals surface area contributed by atoms with Gasteiger partial charge < -0.3 is 9.84 Å². The van der Waals surface area contributed by atoms with Crippen molar-refractivity contribution >= 4 is 10.9 Å². The first kappa shape index (κ1) is 19.2. The lowest BCUT2D eigenvalue weighted by Gasteiger charge is -2.09. The van der Waals surface area contributed by atoms with Crippen LogP contribution in [0, 0.1) is 6.92 Å². The highest BCUT2D eigenvalue weighted by Crippen LogP contribution is 2.28. The van der Waals surface area contributed by atoms with Gasteiger partial charge in [0.15, 0.2) is 0 Å². The number of aromatic nitrogens is 1. The van der Waals surface area contributed by atoms with E-state index in [1.54, 1.807) is 13.0 Å². The number of pyridine rings is 1. The molecule has 0 aliphatic carbocycles. The van der Waals surface area contributed by atoms with Crippen LogP contribution < -0.4 is 4.74 Å². The molecule has 0 aliphatic rings. The average molecular weight is 364 g/mol. The number of unbranched alkanes of at least 4 members (excludes halogenated alkanes) is 5. The largest absolute Gasteiger partial charge is 0.506 e. The number of benzene rings is 2. The Hall–Kier alpha value is -2.55. The average Bonchev–Trinajstić information content (AvgIpc) is 2.67. The summed E-state index contributed by atoms with van der Waals surface area (Å²) >= 11 is 0. The number of ether oxygens (including phenoxy) is 1.